The van der Waals surface area contributed by atoms with Crippen molar-refractivity contribution in [2.24, 2.45) is 0 Å². The first kappa shape index (κ1) is 18.6. The molecule has 0 radical (unpaired) electrons. The maximum Gasteiger partial charge on any atom is 0.272 e. The Bertz CT molecular complexity index is 1080. The first-order valence-electron chi connectivity index (χ1n) is 7.67. The van der Waals surface area contributed by atoms with Crippen LogP contribution in [-0.4, -0.2) is 19.3 Å². The molecule has 138 valence electrons. The van der Waals surface area contributed by atoms with Crippen LogP contribution in [0.25, 0.3) is 11.3 Å². The Morgan fingerprint density at radius 1 is 0.926 bits per heavy atom. The molecule has 2 aromatic carbocycles. The molecule has 0 aliphatic rings. The van der Waals surface area contributed by atoms with E-state index >= 15 is 0 Å². The number of nitrogens with zero attached hydrogens (tertiary/aromatic N) is 1. The van der Waals surface area contributed by atoms with Crippen molar-refractivity contribution in [2.75, 3.05) is 0 Å². The van der Waals surface area contributed by atoms with E-state index in [1.54, 1.807) is 18.2 Å². The number of nitrogens with one attached hydrogen (secondary N) is 2. The molecule has 0 saturated carbocycles. The van der Waals surface area contributed by atoms with Crippen molar-refractivity contribution in [3.8, 4) is 11.3 Å². The van der Waals surface area contributed by atoms with Gasteiger partial charge in [-0.05, 0) is 36.4 Å². The lowest BCUT2D eigenvalue weighted by atomic mass is 10.1. The molecule has 1 amide bonds. The summed E-state index contributed by atoms with van der Waals surface area (Å²) in [5, 5.41) is 0. The molecule has 0 aliphatic carbocycles. The van der Waals surface area contributed by atoms with Gasteiger partial charge >= 0.3 is 0 Å². The van der Waals surface area contributed by atoms with Crippen LogP contribution in [0, 0.1) is 11.6 Å². The smallest absolute Gasteiger partial charge is 0.272 e. The first-order chi connectivity index (χ1) is 12.9. The van der Waals surface area contributed by atoms with E-state index in [1.165, 1.54) is 36.5 Å². The molecule has 3 rings (SSSR count). The van der Waals surface area contributed by atoms with Crippen molar-refractivity contribution in [3.63, 3.8) is 0 Å². The predicted molar refractivity (Wildman–Crippen MR) is 93.8 cm³/mol. The zero-order chi connectivity index (χ0) is 19.4. The fourth-order valence-corrected chi connectivity index (χ4v) is 3.18. The number of hydrogen-bond acceptors (Lipinski definition) is 4. The quantitative estimate of drug-likeness (QED) is 0.657. The van der Waals surface area contributed by atoms with Gasteiger partial charge in [0.15, 0.2) is 0 Å². The summed E-state index contributed by atoms with van der Waals surface area (Å²) in [7, 11) is -4.09. The van der Waals surface area contributed by atoms with Gasteiger partial charge in [-0.3, -0.25) is 15.2 Å². The summed E-state index contributed by atoms with van der Waals surface area (Å²) in [6, 6.07) is 14.0. The number of benzene rings is 2. The Hall–Kier alpha value is -3.17. The average Bonchev–Trinajstić information content (AvgIpc) is 2.68. The lowest BCUT2D eigenvalue weighted by molar-refractivity contribution is 0.0936. The number of carbonyl (C=O) groups excluding carboxylic acids is 1. The van der Waals surface area contributed by atoms with Crippen molar-refractivity contribution in [1.29, 1.82) is 0 Å². The topological polar surface area (TPSA) is 88.2 Å². The molecule has 1 aromatic heterocycles. The zero-order valence-corrected chi connectivity index (χ0v) is 14.5. The molecule has 0 fully saturated rings. The molecule has 0 saturated heterocycles. The Balaban J connectivity index is 1.87. The summed E-state index contributed by atoms with van der Waals surface area (Å²) in [6.07, 6.45) is 1.42. The Kier molecular flexibility index (Phi) is 5.24. The number of rotatable bonds is 5. The second kappa shape index (κ2) is 7.60. The number of hydrogen-bond donors (Lipinski definition) is 2. The number of carbonyl (C=O) groups is 1. The molecule has 6 nitrogen and oxygen atoms in total. The highest BCUT2D eigenvalue weighted by Crippen LogP contribution is 2.25. The Labute approximate surface area is 153 Å². The van der Waals surface area contributed by atoms with Gasteiger partial charge in [-0.2, -0.15) is 0 Å². The summed E-state index contributed by atoms with van der Waals surface area (Å²) < 4.78 is 52.9. The molecule has 0 atom stereocenters. The molecule has 0 aliphatic heterocycles. The summed E-state index contributed by atoms with van der Waals surface area (Å²) in [5.74, 6) is -3.56. The predicted octanol–water partition coefficient (Wildman–Crippen LogP) is 2.65. The van der Waals surface area contributed by atoms with E-state index in [2.05, 4.69) is 4.98 Å². The molecule has 0 bridgehead atoms. The fraction of sp³-hybridized carbons (Fsp3) is 0. The van der Waals surface area contributed by atoms with Gasteiger partial charge in [0.05, 0.1) is 10.6 Å². The maximum atomic E-state index is 14.7. The van der Waals surface area contributed by atoms with Gasteiger partial charge in [-0.1, -0.05) is 24.3 Å². The molecule has 2 N–H and O–H groups in total. The van der Waals surface area contributed by atoms with Gasteiger partial charge in [0, 0.05) is 11.8 Å². The van der Waals surface area contributed by atoms with Crippen LogP contribution in [0.3, 0.4) is 0 Å². The van der Waals surface area contributed by atoms with Crippen LogP contribution in [0.15, 0.2) is 71.8 Å². The molecule has 0 spiro atoms. The molecule has 9 heteroatoms. The summed E-state index contributed by atoms with van der Waals surface area (Å²) in [6.45, 7) is 0. The van der Waals surface area contributed by atoms with Gasteiger partial charge in [-0.15, -0.1) is 4.83 Å². The highest BCUT2D eigenvalue weighted by molar-refractivity contribution is 7.89. The second-order valence-corrected chi connectivity index (χ2v) is 7.05. The standard InChI is InChI=1S/C18H13F2N3O3S/c19-14-10-9-13(15-8-4-5-11-21-15)17(20)16(14)18(24)22-23-27(25,26)12-6-2-1-3-7-12/h1-11,23H,(H,22,24). The molecule has 3 aromatic rings. The molecule has 1 heterocycles. The number of hydrazine groups is 1. The first-order valence-corrected chi connectivity index (χ1v) is 9.15. The van der Waals surface area contributed by atoms with E-state index in [0.717, 1.165) is 12.1 Å². The van der Waals surface area contributed by atoms with E-state index in [9.17, 15) is 22.0 Å². The fourth-order valence-electron chi connectivity index (χ4n) is 2.32. The molecular formula is C18H13F2N3O3S. The van der Waals surface area contributed by atoms with Gasteiger partial charge in [0.2, 0.25) is 0 Å². The highest BCUT2D eigenvalue weighted by atomic mass is 32.2. The van der Waals surface area contributed by atoms with Gasteiger partial charge in [0.25, 0.3) is 15.9 Å². The van der Waals surface area contributed by atoms with Crippen LogP contribution >= 0.6 is 0 Å². The van der Waals surface area contributed by atoms with E-state index in [1.807, 2.05) is 10.3 Å². The monoisotopic (exact) mass is 389 g/mol. The van der Waals surface area contributed by atoms with Crippen molar-refractivity contribution < 1.29 is 22.0 Å². The number of halogens is 2. The average molecular weight is 389 g/mol. The van der Waals surface area contributed by atoms with Crippen LogP contribution in [0.1, 0.15) is 10.4 Å². The van der Waals surface area contributed by atoms with Gasteiger partial charge in [-0.25, -0.2) is 17.2 Å². The lowest BCUT2D eigenvalue weighted by Crippen LogP contribution is -2.42. The minimum atomic E-state index is -4.09. The van der Waals surface area contributed by atoms with Crippen molar-refractivity contribution in [3.05, 3.63) is 84.1 Å². The summed E-state index contributed by atoms with van der Waals surface area (Å²) >= 11 is 0. The summed E-state index contributed by atoms with van der Waals surface area (Å²) in [4.78, 5) is 17.9. The Morgan fingerprint density at radius 3 is 2.30 bits per heavy atom. The number of pyridine rings is 1. The third-order valence-corrected chi connectivity index (χ3v) is 4.88. The van der Waals surface area contributed by atoms with Crippen molar-refractivity contribution >= 4 is 15.9 Å². The SMILES string of the molecule is O=C(NNS(=O)(=O)c1ccccc1)c1c(F)ccc(-c2ccccn2)c1F. The van der Waals surface area contributed by atoms with Crippen molar-refractivity contribution in [2.45, 2.75) is 4.90 Å². The number of sulfonamides is 1. The third-order valence-electron chi connectivity index (χ3n) is 3.61. The largest absolute Gasteiger partial charge is 0.273 e. The highest BCUT2D eigenvalue weighted by Gasteiger charge is 2.23. The van der Waals surface area contributed by atoms with Gasteiger partial charge < -0.3 is 0 Å². The van der Waals surface area contributed by atoms with E-state index in [-0.39, 0.29) is 16.2 Å². The van der Waals surface area contributed by atoms with Crippen LogP contribution in [0.5, 0.6) is 0 Å². The van der Waals surface area contributed by atoms with Crippen molar-refractivity contribution in [1.82, 2.24) is 15.2 Å². The minimum absolute atomic E-state index is 0.0898. The Morgan fingerprint density at radius 2 is 1.63 bits per heavy atom. The number of amides is 1. The molecule has 0 unspecified atom stereocenters. The van der Waals surface area contributed by atoms with Crippen LogP contribution in [0.4, 0.5) is 8.78 Å². The maximum absolute atomic E-state index is 14.7. The third kappa shape index (κ3) is 3.99. The van der Waals surface area contributed by atoms with E-state index in [4.69, 9.17) is 0 Å². The lowest BCUT2D eigenvalue weighted by Gasteiger charge is -2.11. The molecular weight excluding hydrogens is 376 g/mol. The summed E-state index contributed by atoms with van der Waals surface area (Å²) in [5.41, 5.74) is 1.01. The van der Waals surface area contributed by atoms with Gasteiger partial charge in [0.1, 0.15) is 17.2 Å². The molecule has 27 heavy (non-hydrogen) atoms. The van der Waals surface area contributed by atoms with E-state index in [0.29, 0.717) is 0 Å². The van der Waals surface area contributed by atoms with E-state index < -0.39 is 33.1 Å². The van der Waals surface area contributed by atoms with Crippen LogP contribution in [0.2, 0.25) is 0 Å². The minimum Gasteiger partial charge on any atom is -0.273 e. The van der Waals surface area contributed by atoms with Crippen LogP contribution < -0.4 is 10.3 Å². The number of aromatic nitrogens is 1. The zero-order valence-electron chi connectivity index (χ0n) is 13.7. The van der Waals surface area contributed by atoms with Crippen LogP contribution in [-0.2, 0) is 10.0 Å². The normalized spacial score (nSPS) is 11.2. The second-order valence-electron chi connectivity index (χ2n) is 5.37.